The van der Waals surface area contributed by atoms with Crippen molar-refractivity contribution in [2.24, 2.45) is 35.0 Å². The van der Waals surface area contributed by atoms with Crippen molar-refractivity contribution in [1.29, 1.82) is 0 Å². The Morgan fingerprint density at radius 3 is 2.69 bits per heavy atom. The van der Waals surface area contributed by atoms with E-state index in [4.69, 9.17) is 4.74 Å². The van der Waals surface area contributed by atoms with E-state index in [1.54, 1.807) is 6.92 Å². The van der Waals surface area contributed by atoms with Gasteiger partial charge in [0.25, 0.3) is 0 Å². The van der Waals surface area contributed by atoms with Crippen molar-refractivity contribution in [3.63, 3.8) is 0 Å². The largest absolute Gasteiger partial charge is 0.429 e. The van der Waals surface area contributed by atoms with Crippen LogP contribution in [0.25, 0.3) is 0 Å². The molecular weight excluding hydrogens is 364 g/mol. The minimum Gasteiger partial charge on any atom is -0.429 e. The first kappa shape index (κ1) is 20.9. The molecule has 1 aliphatic heterocycles. The zero-order chi connectivity index (χ0) is 21.2. The molecule has 0 radical (unpaired) electrons. The summed E-state index contributed by atoms with van der Waals surface area (Å²) < 4.78 is 5.41. The number of hydrogen-bond acceptors (Lipinski definition) is 4. The Bertz CT molecular complexity index is 787. The third-order valence-electron chi connectivity index (χ3n) is 8.40. The molecule has 2 N–H and O–H groups in total. The lowest BCUT2D eigenvalue weighted by Crippen LogP contribution is -2.40. The molecule has 1 saturated heterocycles. The highest BCUT2D eigenvalue weighted by Crippen LogP contribution is 2.63. The number of esters is 1. The molecule has 29 heavy (non-hydrogen) atoms. The fraction of sp³-hybridized carbons (Fsp3) is 0.720. The minimum atomic E-state index is -1.54. The predicted octanol–water partition coefficient (Wildman–Crippen LogP) is 4.53. The van der Waals surface area contributed by atoms with Gasteiger partial charge in [-0.2, -0.15) is 0 Å². The topological polar surface area (TPSA) is 66.8 Å². The second-order valence-corrected chi connectivity index (χ2v) is 10.9. The van der Waals surface area contributed by atoms with E-state index in [1.165, 1.54) is 12.0 Å². The summed E-state index contributed by atoms with van der Waals surface area (Å²) in [5.74, 6) is -1.03. The van der Waals surface area contributed by atoms with Crippen molar-refractivity contribution >= 4 is 5.97 Å². The smallest absolute Gasteiger partial charge is 0.336 e. The van der Waals surface area contributed by atoms with Crippen LogP contribution in [0.1, 0.15) is 66.7 Å². The molecule has 8 atom stereocenters. The predicted molar refractivity (Wildman–Crippen MR) is 113 cm³/mol. The average molecular weight is 401 g/mol. The standard InChI is InChI=1S/C25H36O4/c1-15(2)7-6-8-16(3)17-11-12-23(4)13-20-21-18(9-10-19(17)23)22(26)29-25(21,28)14-24(20,5)27/h6-9,16-17,19-21,27-28H,10-14H2,1-5H3/b8-6-,18-9+/t16-,17+,19-,20-,21-,23+,24+,25+/m0/s1. The Balaban J connectivity index is 1.67. The molecule has 0 amide bonds. The zero-order valence-electron chi connectivity index (χ0n) is 18.4. The molecule has 160 valence electrons. The molecule has 0 aromatic carbocycles. The quantitative estimate of drug-likeness (QED) is 0.539. The minimum absolute atomic E-state index is 0.0941. The average Bonchev–Trinajstić information content (AvgIpc) is 3.07. The number of ether oxygens (including phenoxy) is 1. The Morgan fingerprint density at radius 2 is 2.00 bits per heavy atom. The first-order chi connectivity index (χ1) is 13.5. The number of aliphatic hydroxyl groups is 2. The van der Waals surface area contributed by atoms with Gasteiger partial charge in [0.05, 0.1) is 11.5 Å². The van der Waals surface area contributed by atoms with E-state index < -0.39 is 23.3 Å². The van der Waals surface area contributed by atoms with Crippen LogP contribution in [0.2, 0.25) is 0 Å². The molecule has 4 rings (SSSR count). The number of rotatable bonds is 3. The summed E-state index contributed by atoms with van der Waals surface area (Å²) in [7, 11) is 0. The second kappa shape index (κ2) is 6.81. The van der Waals surface area contributed by atoms with Gasteiger partial charge in [0, 0.05) is 17.9 Å². The van der Waals surface area contributed by atoms with Gasteiger partial charge in [-0.3, -0.25) is 0 Å². The summed E-state index contributed by atoms with van der Waals surface area (Å²) in [4.78, 5) is 12.5. The van der Waals surface area contributed by atoms with Crippen molar-refractivity contribution < 1.29 is 19.7 Å². The third kappa shape index (κ3) is 3.33. The van der Waals surface area contributed by atoms with Crippen molar-refractivity contribution in [2.75, 3.05) is 0 Å². The van der Waals surface area contributed by atoms with Gasteiger partial charge in [-0.15, -0.1) is 0 Å². The van der Waals surface area contributed by atoms with Gasteiger partial charge in [0.2, 0.25) is 5.79 Å². The van der Waals surface area contributed by atoms with Gasteiger partial charge in [0.1, 0.15) is 0 Å². The van der Waals surface area contributed by atoms with Crippen LogP contribution < -0.4 is 0 Å². The summed E-state index contributed by atoms with van der Waals surface area (Å²) in [5.41, 5.74) is 0.950. The van der Waals surface area contributed by atoms with Crippen LogP contribution in [0.3, 0.4) is 0 Å². The Kier molecular flexibility index (Phi) is 4.90. The van der Waals surface area contributed by atoms with Gasteiger partial charge in [-0.25, -0.2) is 4.79 Å². The van der Waals surface area contributed by atoms with E-state index in [0.717, 1.165) is 19.3 Å². The van der Waals surface area contributed by atoms with Gasteiger partial charge in [0.15, 0.2) is 0 Å². The Labute approximate surface area is 174 Å². The van der Waals surface area contributed by atoms with E-state index in [9.17, 15) is 15.0 Å². The fourth-order valence-corrected chi connectivity index (χ4v) is 6.95. The lowest BCUT2D eigenvalue weighted by Gasteiger charge is -2.42. The molecule has 3 aliphatic carbocycles. The van der Waals surface area contributed by atoms with E-state index in [1.807, 2.05) is 6.08 Å². The number of fused-ring (bicyclic) bond motifs is 1. The monoisotopic (exact) mass is 400 g/mol. The second-order valence-electron chi connectivity index (χ2n) is 10.9. The van der Waals surface area contributed by atoms with E-state index >= 15 is 0 Å². The normalized spacial score (nSPS) is 48.9. The van der Waals surface area contributed by atoms with E-state index in [0.29, 0.717) is 23.3 Å². The number of carbonyl (C=O) groups excluding carboxylic acids is 1. The van der Waals surface area contributed by atoms with Crippen molar-refractivity contribution in [3.8, 4) is 0 Å². The maximum Gasteiger partial charge on any atom is 0.336 e. The summed E-state index contributed by atoms with van der Waals surface area (Å²) in [6.45, 7) is 10.7. The lowest BCUT2D eigenvalue weighted by molar-refractivity contribution is -0.199. The lowest BCUT2D eigenvalue weighted by atomic mass is 9.63. The van der Waals surface area contributed by atoms with Crippen molar-refractivity contribution in [2.45, 2.75) is 78.1 Å². The molecule has 2 saturated carbocycles. The third-order valence-corrected chi connectivity index (χ3v) is 8.40. The van der Waals surface area contributed by atoms with Crippen LogP contribution in [0.5, 0.6) is 0 Å². The molecule has 0 spiro atoms. The van der Waals surface area contributed by atoms with Crippen LogP contribution in [0.4, 0.5) is 0 Å². The molecule has 3 fully saturated rings. The van der Waals surface area contributed by atoms with Crippen molar-refractivity contribution in [3.05, 3.63) is 35.5 Å². The van der Waals surface area contributed by atoms with Crippen LogP contribution in [0.15, 0.2) is 35.5 Å². The van der Waals surface area contributed by atoms with E-state index in [2.05, 4.69) is 45.9 Å². The highest BCUT2D eigenvalue weighted by atomic mass is 16.7. The first-order valence-electron chi connectivity index (χ1n) is 11.2. The number of hydrogen-bond donors (Lipinski definition) is 2. The fourth-order valence-electron chi connectivity index (χ4n) is 6.95. The van der Waals surface area contributed by atoms with Gasteiger partial charge >= 0.3 is 5.97 Å². The molecule has 0 unspecified atom stereocenters. The van der Waals surface area contributed by atoms with Crippen molar-refractivity contribution in [1.82, 2.24) is 0 Å². The van der Waals surface area contributed by atoms with Crippen LogP contribution >= 0.6 is 0 Å². The SMILES string of the molecule is CC(C)=C/C=C\[C@H](C)[C@H]1CC[C@]2(C)C[C@H]3[C@@H]4/C(=C\C[C@@H]12)C(=O)O[C@]4(O)C[C@@]3(C)O. The Hall–Kier alpha value is -1.39. The highest BCUT2D eigenvalue weighted by molar-refractivity contribution is 5.92. The molecular formula is C25H36O4. The molecule has 4 nitrogen and oxygen atoms in total. The molecule has 4 heteroatoms. The summed E-state index contributed by atoms with van der Waals surface area (Å²) in [6, 6.07) is 0. The van der Waals surface area contributed by atoms with Gasteiger partial charge in [-0.1, -0.05) is 43.7 Å². The highest BCUT2D eigenvalue weighted by Gasteiger charge is 2.68. The summed E-state index contributed by atoms with van der Waals surface area (Å²) in [6.07, 6.45) is 12.7. The van der Waals surface area contributed by atoms with Crippen LogP contribution in [-0.4, -0.2) is 27.6 Å². The molecule has 1 heterocycles. The van der Waals surface area contributed by atoms with Gasteiger partial charge in [-0.05, 0) is 69.6 Å². The number of allylic oxidation sites excluding steroid dienone is 5. The number of carbonyl (C=O) groups is 1. The summed E-state index contributed by atoms with van der Waals surface area (Å²) >= 11 is 0. The maximum absolute atomic E-state index is 12.5. The van der Waals surface area contributed by atoms with Crippen LogP contribution in [0, 0.1) is 35.0 Å². The zero-order valence-corrected chi connectivity index (χ0v) is 18.4. The summed E-state index contributed by atoms with van der Waals surface area (Å²) in [5, 5.41) is 22.2. The van der Waals surface area contributed by atoms with Crippen LogP contribution in [-0.2, 0) is 9.53 Å². The molecule has 0 aromatic heterocycles. The molecule has 0 aromatic rings. The van der Waals surface area contributed by atoms with E-state index in [-0.39, 0.29) is 17.8 Å². The Morgan fingerprint density at radius 1 is 1.28 bits per heavy atom. The maximum atomic E-state index is 12.5. The molecule has 4 aliphatic rings. The van der Waals surface area contributed by atoms with Gasteiger partial charge < -0.3 is 14.9 Å². The first-order valence-corrected chi connectivity index (χ1v) is 11.2. The molecule has 0 bridgehead atoms.